The number of hydrogen-bond donors (Lipinski definition) is 1. The molecule has 0 heterocycles. The summed E-state index contributed by atoms with van der Waals surface area (Å²) in [6.45, 7) is 9.62. The van der Waals surface area contributed by atoms with Crippen LogP contribution in [0.25, 0.3) is 0 Å². The summed E-state index contributed by atoms with van der Waals surface area (Å²) in [7, 11) is 0. The summed E-state index contributed by atoms with van der Waals surface area (Å²) in [6.07, 6.45) is 4.84. The summed E-state index contributed by atoms with van der Waals surface area (Å²) in [5.41, 5.74) is -0.485. The smallest absolute Gasteiger partial charge is 0.306 e. The minimum Gasteiger partial charge on any atom is -0.460 e. The minimum absolute atomic E-state index is 0.0742. The third-order valence-electron chi connectivity index (χ3n) is 2.62. The van der Waals surface area contributed by atoms with Crippen molar-refractivity contribution in [3.05, 3.63) is 0 Å². The van der Waals surface area contributed by atoms with E-state index in [4.69, 9.17) is 4.74 Å². The Bertz CT molecular complexity index is 282. The lowest BCUT2D eigenvalue weighted by Crippen LogP contribution is -2.33. The number of esters is 1. The Morgan fingerprint density at radius 2 is 1.79 bits per heavy atom. The zero-order chi connectivity index (χ0) is 14.9. The van der Waals surface area contributed by atoms with E-state index in [-0.39, 0.29) is 30.8 Å². The van der Waals surface area contributed by atoms with Gasteiger partial charge in [-0.2, -0.15) is 0 Å². The van der Waals surface area contributed by atoms with E-state index in [0.29, 0.717) is 0 Å². The number of amides is 1. The van der Waals surface area contributed by atoms with E-state index in [2.05, 4.69) is 12.2 Å². The summed E-state index contributed by atoms with van der Waals surface area (Å²) >= 11 is 0. The first-order valence-electron chi connectivity index (χ1n) is 7.25. The third kappa shape index (κ3) is 11.7. The predicted molar refractivity (Wildman–Crippen MR) is 76.8 cm³/mol. The molecule has 1 N–H and O–H groups in total. The molecule has 0 saturated heterocycles. The van der Waals surface area contributed by atoms with Gasteiger partial charge in [0.1, 0.15) is 5.60 Å². The first-order chi connectivity index (χ1) is 8.74. The zero-order valence-electron chi connectivity index (χ0n) is 13.0. The Morgan fingerprint density at radius 1 is 1.16 bits per heavy atom. The van der Waals surface area contributed by atoms with Crippen molar-refractivity contribution >= 4 is 11.9 Å². The normalized spacial score (nSPS) is 12.9. The highest BCUT2D eigenvalue weighted by Gasteiger charge is 2.17. The van der Waals surface area contributed by atoms with Crippen LogP contribution in [-0.4, -0.2) is 23.5 Å². The van der Waals surface area contributed by atoms with Crippen LogP contribution in [-0.2, 0) is 14.3 Å². The molecule has 0 radical (unpaired) electrons. The minimum atomic E-state index is -0.485. The lowest BCUT2D eigenvalue weighted by atomic mass is 10.1. The molecule has 4 nitrogen and oxygen atoms in total. The maximum atomic E-state index is 11.6. The number of ether oxygens (including phenoxy) is 1. The summed E-state index contributed by atoms with van der Waals surface area (Å²) < 4.78 is 5.15. The van der Waals surface area contributed by atoms with Gasteiger partial charge >= 0.3 is 5.97 Å². The number of carbonyl (C=O) groups is 2. The lowest BCUT2D eigenvalue weighted by molar-refractivity contribution is -0.155. The van der Waals surface area contributed by atoms with Gasteiger partial charge in [0.15, 0.2) is 0 Å². The number of rotatable bonds is 8. The Morgan fingerprint density at radius 3 is 2.32 bits per heavy atom. The largest absolute Gasteiger partial charge is 0.460 e. The predicted octanol–water partition coefficient (Wildman–Crippen LogP) is 3.19. The second-order valence-corrected chi connectivity index (χ2v) is 6.05. The van der Waals surface area contributed by atoms with E-state index in [9.17, 15) is 9.59 Å². The van der Waals surface area contributed by atoms with E-state index in [0.717, 1.165) is 12.8 Å². The van der Waals surface area contributed by atoms with Crippen LogP contribution in [0.1, 0.15) is 73.1 Å². The summed E-state index contributed by atoms with van der Waals surface area (Å²) in [4.78, 5) is 23.1. The zero-order valence-corrected chi connectivity index (χ0v) is 13.0. The molecule has 0 aliphatic heterocycles. The van der Waals surface area contributed by atoms with E-state index in [1.54, 1.807) is 0 Å². The third-order valence-corrected chi connectivity index (χ3v) is 2.62. The summed E-state index contributed by atoms with van der Waals surface area (Å²) in [5, 5.41) is 2.91. The molecule has 19 heavy (non-hydrogen) atoms. The fourth-order valence-electron chi connectivity index (χ4n) is 1.73. The second-order valence-electron chi connectivity index (χ2n) is 6.05. The standard InChI is InChI=1S/C15H29NO3/c1-6-7-8-9-12(2)16-13(17)10-11-14(18)19-15(3,4)5/h12H,6-11H2,1-5H3,(H,16,17). The summed E-state index contributed by atoms with van der Waals surface area (Å²) in [6, 6.07) is 0.178. The van der Waals surface area contributed by atoms with Gasteiger partial charge in [0, 0.05) is 12.5 Å². The topological polar surface area (TPSA) is 55.4 Å². The van der Waals surface area contributed by atoms with Crippen LogP contribution < -0.4 is 5.32 Å². The maximum Gasteiger partial charge on any atom is 0.306 e. The monoisotopic (exact) mass is 271 g/mol. The van der Waals surface area contributed by atoms with Crippen molar-refractivity contribution in [2.75, 3.05) is 0 Å². The molecule has 0 fully saturated rings. The van der Waals surface area contributed by atoms with Gasteiger partial charge in [0.25, 0.3) is 0 Å². The quantitative estimate of drug-likeness (QED) is 0.545. The van der Waals surface area contributed by atoms with Crippen molar-refractivity contribution in [1.82, 2.24) is 5.32 Å². The van der Waals surface area contributed by atoms with Gasteiger partial charge in [0.2, 0.25) is 5.91 Å². The van der Waals surface area contributed by atoms with Crippen molar-refractivity contribution < 1.29 is 14.3 Å². The maximum absolute atomic E-state index is 11.6. The molecule has 112 valence electrons. The van der Waals surface area contributed by atoms with Gasteiger partial charge in [-0.3, -0.25) is 9.59 Å². The average molecular weight is 271 g/mol. The van der Waals surface area contributed by atoms with Crippen molar-refractivity contribution in [3.8, 4) is 0 Å². The van der Waals surface area contributed by atoms with E-state index < -0.39 is 5.60 Å². The highest BCUT2D eigenvalue weighted by atomic mass is 16.6. The van der Waals surface area contributed by atoms with Crippen LogP contribution in [0.3, 0.4) is 0 Å². The van der Waals surface area contributed by atoms with Gasteiger partial charge < -0.3 is 10.1 Å². The fourth-order valence-corrected chi connectivity index (χ4v) is 1.73. The SMILES string of the molecule is CCCCCC(C)NC(=O)CCC(=O)OC(C)(C)C. The van der Waals surface area contributed by atoms with Gasteiger partial charge in [0.05, 0.1) is 6.42 Å². The van der Waals surface area contributed by atoms with Gasteiger partial charge in [-0.15, -0.1) is 0 Å². The van der Waals surface area contributed by atoms with Crippen molar-refractivity contribution in [2.24, 2.45) is 0 Å². The molecule has 1 amide bonds. The first kappa shape index (κ1) is 17.9. The summed E-state index contributed by atoms with van der Waals surface area (Å²) in [5.74, 6) is -0.392. The van der Waals surface area contributed by atoms with Crippen LogP contribution in [0.5, 0.6) is 0 Å². The molecular weight excluding hydrogens is 242 g/mol. The van der Waals surface area contributed by atoms with Crippen LogP contribution in [0.15, 0.2) is 0 Å². The number of unbranched alkanes of at least 4 members (excludes halogenated alkanes) is 2. The molecule has 1 atom stereocenters. The molecule has 0 aromatic carbocycles. The molecule has 0 spiro atoms. The Balaban J connectivity index is 3.77. The first-order valence-corrected chi connectivity index (χ1v) is 7.25. The molecule has 4 heteroatoms. The molecule has 0 rings (SSSR count). The van der Waals surface area contributed by atoms with E-state index in [1.165, 1.54) is 12.8 Å². The number of nitrogens with one attached hydrogen (secondary N) is 1. The molecular formula is C15H29NO3. The van der Waals surface area contributed by atoms with Crippen LogP contribution >= 0.6 is 0 Å². The molecule has 0 aromatic rings. The van der Waals surface area contributed by atoms with E-state index >= 15 is 0 Å². The molecule has 0 bridgehead atoms. The van der Waals surface area contributed by atoms with Crippen LogP contribution in [0, 0.1) is 0 Å². The molecule has 0 aromatic heterocycles. The fraction of sp³-hybridized carbons (Fsp3) is 0.867. The molecule has 0 saturated carbocycles. The molecule has 1 unspecified atom stereocenters. The molecule has 0 aliphatic rings. The number of carbonyl (C=O) groups excluding carboxylic acids is 2. The van der Waals surface area contributed by atoms with Crippen LogP contribution in [0.4, 0.5) is 0 Å². The average Bonchev–Trinajstić information content (AvgIpc) is 2.24. The van der Waals surface area contributed by atoms with Gasteiger partial charge in [-0.05, 0) is 34.1 Å². The highest BCUT2D eigenvalue weighted by molar-refractivity contribution is 5.81. The Kier molecular flexibility index (Phi) is 8.44. The lowest BCUT2D eigenvalue weighted by Gasteiger charge is -2.19. The number of hydrogen-bond acceptors (Lipinski definition) is 3. The highest BCUT2D eigenvalue weighted by Crippen LogP contribution is 2.09. The second kappa shape index (κ2) is 8.94. The van der Waals surface area contributed by atoms with Crippen LogP contribution in [0.2, 0.25) is 0 Å². The van der Waals surface area contributed by atoms with E-state index in [1.807, 2.05) is 27.7 Å². The Hall–Kier alpha value is -1.06. The van der Waals surface area contributed by atoms with Gasteiger partial charge in [-0.1, -0.05) is 26.2 Å². The van der Waals surface area contributed by atoms with Gasteiger partial charge in [-0.25, -0.2) is 0 Å². The van der Waals surface area contributed by atoms with Crippen molar-refractivity contribution in [3.63, 3.8) is 0 Å². The van der Waals surface area contributed by atoms with Crippen molar-refractivity contribution in [1.29, 1.82) is 0 Å². The Labute approximate surface area is 117 Å². The molecule has 0 aliphatic carbocycles. The van der Waals surface area contributed by atoms with Crippen molar-refractivity contribution in [2.45, 2.75) is 84.8 Å².